The summed E-state index contributed by atoms with van der Waals surface area (Å²) in [6.07, 6.45) is 0. The summed E-state index contributed by atoms with van der Waals surface area (Å²) in [7, 11) is 0. The minimum absolute atomic E-state index is 0.0135. The monoisotopic (exact) mass is 614 g/mol. The van der Waals surface area contributed by atoms with Gasteiger partial charge in [0.1, 0.15) is 0 Å². The summed E-state index contributed by atoms with van der Waals surface area (Å²) in [6, 6.07) is 16.3. The number of carbonyl (C=O) groups excluding carboxylic acids is 4. The maximum atomic E-state index is 12.1. The van der Waals surface area contributed by atoms with Crippen molar-refractivity contribution >= 4 is 23.9 Å². The largest absolute Gasteiger partial charge is 0.419 e. The van der Waals surface area contributed by atoms with Gasteiger partial charge >= 0.3 is 23.9 Å². The van der Waals surface area contributed by atoms with Crippen LogP contribution in [0.25, 0.3) is 0 Å². The molecule has 3 aromatic carbocycles. The predicted molar refractivity (Wildman–Crippen MR) is 173 cm³/mol. The minimum atomic E-state index is -0.680. The molecule has 3 aromatic rings. The third-order valence-electron chi connectivity index (χ3n) is 5.68. The van der Waals surface area contributed by atoms with E-state index in [4.69, 9.17) is 18.9 Å². The van der Waals surface area contributed by atoms with Crippen molar-refractivity contribution in [1.29, 1.82) is 0 Å². The van der Waals surface area contributed by atoms with Gasteiger partial charge < -0.3 is 18.9 Å². The Bertz CT molecular complexity index is 1780. The molecule has 0 spiro atoms. The second kappa shape index (κ2) is 15.4. The van der Waals surface area contributed by atoms with Gasteiger partial charge in [0, 0.05) is 56.7 Å². The van der Waals surface area contributed by atoms with Gasteiger partial charge in [-0.3, -0.25) is 0 Å². The standard InChI is InChI=1S/C38H30O8/c1-23(2)35(39)43-31-19-17-29(21-33(31)45-37(41)25(5)6)15-13-27-9-11-28(12-10-27)14-16-30-18-20-32(44-36(40)24(3)4)34(22-30)46-38(42)26(7)8/h9-12,17-22H,1,3,5,7H2,2,4,6,8H3. The number of hydrogen-bond donors (Lipinski definition) is 0. The fourth-order valence-corrected chi connectivity index (χ4v) is 3.17. The number of hydrogen-bond acceptors (Lipinski definition) is 8. The topological polar surface area (TPSA) is 105 Å². The van der Waals surface area contributed by atoms with Crippen molar-refractivity contribution in [3.63, 3.8) is 0 Å². The fourth-order valence-electron chi connectivity index (χ4n) is 3.17. The van der Waals surface area contributed by atoms with Gasteiger partial charge in [0.2, 0.25) is 0 Å². The van der Waals surface area contributed by atoms with Crippen LogP contribution in [-0.4, -0.2) is 23.9 Å². The van der Waals surface area contributed by atoms with E-state index in [0.29, 0.717) is 22.3 Å². The Kier molecular flexibility index (Phi) is 11.4. The molecule has 0 radical (unpaired) electrons. The van der Waals surface area contributed by atoms with E-state index in [-0.39, 0.29) is 45.3 Å². The van der Waals surface area contributed by atoms with E-state index < -0.39 is 23.9 Å². The molecule has 0 heterocycles. The second-order valence-electron chi connectivity index (χ2n) is 10.1. The molecule has 3 rings (SSSR count). The SMILES string of the molecule is C=C(C)C(=O)Oc1ccc(C#Cc2ccc(C#Cc3ccc(OC(=O)C(=C)C)c(OC(=O)C(=C)C)c3)cc2)cc1OC(=O)C(=C)C. The summed E-state index contributed by atoms with van der Waals surface area (Å²) >= 11 is 0. The van der Waals surface area contributed by atoms with E-state index in [1.807, 2.05) is 0 Å². The number of carbonyl (C=O) groups is 4. The zero-order chi connectivity index (χ0) is 34.0. The van der Waals surface area contributed by atoms with E-state index >= 15 is 0 Å². The highest BCUT2D eigenvalue weighted by Crippen LogP contribution is 2.31. The van der Waals surface area contributed by atoms with Crippen LogP contribution in [0, 0.1) is 23.7 Å². The van der Waals surface area contributed by atoms with Crippen molar-refractivity contribution in [3.8, 4) is 46.7 Å². The average molecular weight is 615 g/mol. The van der Waals surface area contributed by atoms with Gasteiger partial charge in [0.05, 0.1) is 0 Å². The Hall–Kier alpha value is -6.38. The lowest BCUT2D eigenvalue weighted by molar-refractivity contribution is -0.132. The van der Waals surface area contributed by atoms with Crippen molar-refractivity contribution < 1.29 is 38.1 Å². The molecular formula is C38H30O8. The Morgan fingerprint density at radius 3 is 0.935 bits per heavy atom. The average Bonchev–Trinajstić information content (AvgIpc) is 3.01. The number of esters is 4. The van der Waals surface area contributed by atoms with Crippen molar-refractivity contribution in [3.05, 3.63) is 132 Å². The van der Waals surface area contributed by atoms with Gasteiger partial charge in [0.15, 0.2) is 23.0 Å². The summed E-state index contributed by atoms with van der Waals surface area (Å²) < 4.78 is 21.3. The molecule has 0 saturated carbocycles. The van der Waals surface area contributed by atoms with Gasteiger partial charge in [-0.15, -0.1) is 0 Å². The van der Waals surface area contributed by atoms with Gasteiger partial charge in [0.25, 0.3) is 0 Å². The van der Waals surface area contributed by atoms with E-state index in [1.54, 1.807) is 36.4 Å². The fraction of sp³-hybridized carbons (Fsp3) is 0.105. The number of ether oxygens (including phenoxy) is 4. The Morgan fingerprint density at radius 1 is 0.413 bits per heavy atom. The van der Waals surface area contributed by atoms with E-state index in [0.717, 1.165) is 0 Å². The molecule has 8 nitrogen and oxygen atoms in total. The van der Waals surface area contributed by atoms with Crippen LogP contribution in [-0.2, 0) is 19.2 Å². The minimum Gasteiger partial charge on any atom is -0.419 e. The van der Waals surface area contributed by atoms with E-state index in [2.05, 4.69) is 50.0 Å². The highest BCUT2D eigenvalue weighted by atomic mass is 16.6. The maximum Gasteiger partial charge on any atom is 0.338 e. The van der Waals surface area contributed by atoms with Gasteiger partial charge in [-0.1, -0.05) is 50.0 Å². The van der Waals surface area contributed by atoms with Crippen LogP contribution < -0.4 is 18.9 Å². The Labute approximate surface area is 267 Å². The summed E-state index contributed by atoms with van der Waals surface area (Å²) in [5.74, 6) is 9.46. The lowest BCUT2D eigenvalue weighted by Crippen LogP contribution is -2.12. The highest BCUT2D eigenvalue weighted by molar-refractivity contribution is 5.92. The highest BCUT2D eigenvalue weighted by Gasteiger charge is 2.17. The molecule has 0 aliphatic carbocycles. The first-order valence-corrected chi connectivity index (χ1v) is 13.7. The molecule has 0 saturated heterocycles. The lowest BCUT2D eigenvalue weighted by atomic mass is 10.1. The van der Waals surface area contributed by atoms with Crippen LogP contribution >= 0.6 is 0 Å². The Balaban J connectivity index is 1.83. The van der Waals surface area contributed by atoms with Crippen LogP contribution in [0.4, 0.5) is 0 Å². The summed E-state index contributed by atoms with van der Waals surface area (Å²) in [5, 5.41) is 0. The molecule has 0 aliphatic rings. The number of rotatable bonds is 8. The van der Waals surface area contributed by atoms with Gasteiger partial charge in [-0.05, 0) is 76.2 Å². The lowest BCUT2D eigenvalue weighted by Gasteiger charge is -2.11. The quantitative estimate of drug-likeness (QED) is 0.124. The molecule has 0 amide bonds. The summed E-state index contributed by atoms with van der Waals surface area (Å²) in [5.41, 5.74) is 3.08. The zero-order valence-corrected chi connectivity index (χ0v) is 25.9. The van der Waals surface area contributed by atoms with Crippen LogP contribution in [0.15, 0.2) is 109 Å². The molecular weight excluding hydrogens is 584 g/mol. The third-order valence-corrected chi connectivity index (χ3v) is 5.68. The molecule has 0 fully saturated rings. The Morgan fingerprint density at radius 2 is 0.652 bits per heavy atom. The summed E-state index contributed by atoms with van der Waals surface area (Å²) in [4.78, 5) is 48.3. The van der Waals surface area contributed by atoms with Crippen LogP contribution in [0.2, 0.25) is 0 Å². The smallest absolute Gasteiger partial charge is 0.338 e. The van der Waals surface area contributed by atoms with Crippen molar-refractivity contribution in [2.45, 2.75) is 27.7 Å². The normalized spacial score (nSPS) is 9.65. The number of benzene rings is 3. The van der Waals surface area contributed by atoms with Gasteiger partial charge in [-0.2, -0.15) is 0 Å². The van der Waals surface area contributed by atoms with E-state index in [1.165, 1.54) is 52.0 Å². The third kappa shape index (κ3) is 9.84. The van der Waals surface area contributed by atoms with Crippen molar-refractivity contribution in [2.24, 2.45) is 0 Å². The molecule has 46 heavy (non-hydrogen) atoms. The van der Waals surface area contributed by atoms with Crippen molar-refractivity contribution in [2.75, 3.05) is 0 Å². The van der Waals surface area contributed by atoms with Crippen LogP contribution in [0.1, 0.15) is 49.9 Å². The first kappa shape index (κ1) is 34.1. The maximum absolute atomic E-state index is 12.1. The van der Waals surface area contributed by atoms with E-state index in [9.17, 15) is 19.2 Å². The molecule has 0 atom stereocenters. The molecule has 230 valence electrons. The predicted octanol–water partition coefficient (Wildman–Crippen LogP) is 6.41. The first-order valence-electron chi connectivity index (χ1n) is 13.7. The van der Waals surface area contributed by atoms with Crippen LogP contribution in [0.5, 0.6) is 23.0 Å². The molecule has 0 bridgehead atoms. The second-order valence-corrected chi connectivity index (χ2v) is 10.1. The molecule has 0 aromatic heterocycles. The first-order chi connectivity index (χ1) is 21.7. The van der Waals surface area contributed by atoms with Gasteiger partial charge in [-0.25, -0.2) is 19.2 Å². The molecule has 0 N–H and O–H groups in total. The van der Waals surface area contributed by atoms with Crippen molar-refractivity contribution in [1.82, 2.24) is 0 Å². The van der Waals surface area contributed by atoms with Crippen LogP contribution in [0.3, 0.4) is 0 Å². The summed E-state index contributed by atoms with van der Waals surface area (Å²) in [6.45, 7) is 20.3. The molecule has 0 unspecified atom stereocenters. The molecule has 8 heteroatoms. The molecule has 0 aliphatic heterocycles. The zero-order valence-electron chi connectivity index (χ0n) is 25.9.